The number of carbonyl (C=O) groups is 1. The number of aromatic nitrogens is 1. The third-order valence-corrected chi connectivity index (χ3v) is 4.75. The Morgan fingerprint density at radius 1 is 1.29 bits per heavy atom. The maximum absolute atomic E-state index is 12.1. The number of thiazole rings is 1. The zero-order valence-corrected chi connectivity index (χ0v) is 15.2. The molecule has 0 bridgehead atoms. The second kappa shape index (κ2) is 6.57. The Labute approximate surface area is 146 Å². The van der Waals surface area contributed by atoms with Crippen LogP contribution in [-0.4, -0.2) is 52.7 Å². The number of carbonyl (C=O) groups excluding carboxylic acids is 1. The third kappa shape index (κ3) is 4.15. The lowest BCUT2D eigenvalue weighted by Crippen LogP contribution is -2.49. The van der Waals surface area contributed by atoms with Gasteiger partial charge >= 0.3 is 6.09 Å². The molecule has 1 fully saturated rings. The van der Waals surface area contributed by atoms with Crippen molar-refractivity contribution >= 4 is 32.8 Å². The molecule has 1 aromatic carbocycles. The predicted octanol–water partition coefficient (Wildman–Crippen LogP) is 2.93. The van der Waals surface area contributed by atoms with E-state index in [1.54, 1.807) is 4.90 Å². The van der Waals surface area contributed by atoms with Crippen molar-refractivity contribution in [1.29, 1.82) is 0 Å². The zero-order valence-electron chi connectivity index (χ0n) is 14.4. The molecule has 1 aromatic heterocycles. The second-order valence-electron chi connectivity index (χ2n) is 7.10. The van der Waals surface area contributed by atoms with E-state index < -0.39 is 5.60 Å². The highest BCUT2D eigenvalue weighted by atomic mass is 32.1. The van der Waals surface area contributed by atoms with E-state index in [4.69, 9.17) is 10.5 Å². The van der Waals surface area contributed by atoms with Crippen molar-refractivity contribution in [3.63, 3.8) is 0 Å². The van der Waals surface area contributed by atoms with Crippen LogP contribution in [0, 0.1) is 0 Å². The average Bonchev–Trinajstić information content (AvgIpc) is 2.85. The topological polar surface area (TPSA) is 71.7 Å². The molecule has 1 aliphatic heterocycles. The van der Waals surface area contributed by atoms with E-state index >= 15 is 0 Å². The molecule has 0 radical (unpaired) electrons. The first-order chi connectivity index (χ1) is 11.3. The maximum Gasteiger partial charge on any atom is 0.410 e. The van der Waals surface area contributed by atoms with E-state index in [0.717, 1.165) is 29.9 Å². The minimum atomic E-state index is -0.444. The van der Waals surface area contributed by atoms with Gasteiger partial charge in [0, 0.05) is 32.7 Å². The van der Waals surface area contributed by atoms with Gasteiger partial charge < -0.3 is 15.4 Å². The Balaban J connectivity index is 1.55. The minimum Gasteiger partial charge on any atom is -0.444 e. The molecule has 2 aromatic rings. The zero-order chi connectivity index (χ0) is 17.3. The molecule has 2 heterocycles. The molecule has 0 spiro atoms. The van der Waals surface area contributed by atoms with Crippen molar-refractivity contribution in [2.75, 3.05) is 31.9 Å². The number of nitrogens with two attached hydrogens (primary N) is 1. The minimum absolute atomic E-state index is 0.219. The van der Waals surface area contributed by atoms with Gasteiger partial charge in [0.2, 0.25) is 0 Å². The van der Waals surface area contributed by atoms with Crippen LogP contribution in [0.25, 0.3) is 10.2 Å². The molecule has 2 N–H and O–H groups in total. The number of amides is 1. The van der Waals surface area contributed by atoms with Crippen LogP contribution in [0.3, 0.4) is 0 Å². The summed E-state index contributed by atoms with van der Waals surface area (Å²) in [5.41, 5.74) is 7.52. The van der Waals surface area contributed by atoms with Gasteiger partial charge in [-0.25, -0.2) is 9.78 Å². The molecule has 0 unspecified atom stereocenters. The van der Waals surface area contributed by atoms with Crippen LogP contribution in [0.15, 0.2) is 18.2 Å². The van der Waals surface area contributed by atoms with Gasteiger partial charge in [-0.05, 0) is 38.5 Å². The van der Waals surface area contributed by atoms with E-state index in [2.05, 4.69) is 22.0 Å². The molecule has 7 heteroatoms. The standard InChI is InChI=1S/C17H24N4O2S/c1-17(2,3)23-16(22)21-8-6-20(7-9-21)11-12-4-5-13-14(10-12)24-15(18)19-13/h4-5,10H,6-9,11H2,1-3H3,(H2,18,19). The number of hydrogen-bond acceptors (Lipinski definition) is 6. The second-order valence-corrected chi connectivity index (χ2v) is 8.16. The van der Waals surface area contributed by atoms with Gasteiger partial charge in [-0.15, -0.1) is 0 Å². The first-order valence-corrected chi connectivity index (χ1v) is 8.97. The summed E-state index contributed by atoms with van der Waals surface area (Å²) in [5.74, 6) is 0. The molecule has 0 aliphatic carbocycles. The average molecular weight is 348 g/mol. The van der Waals surface area contributed by atoms with Crippen LogP contribution < -0.4 is 5.73 Å². The van der Waals surface area contributed by atoms with Crippen LogP contribution in [0.4, 0.5) is 9.93 Å². The number of anilines is 1. The normalized spacial score (nSPS) is 16.5. The van der Waals surface area contributed by atoms with Crippen LogP contribution in [0.1, 0.15) is 26.3 Å². The molecule has 3 rings (SSSR count). The molecule has 0 saturated carbocycles. The van der Waals surface area contributed by atoms with Crippen molar-refractivity contribution in [1.82, 2.24) is 14.8 Å². The van der Waals surface area contributed by atoms with E-state index in [-0.39, 0.29) is 6.09 Å². The Bertz CT molecular complexity index is 730. The number of rotatable bonds is 2. The summed E-state index contributed by atoms with van der Waals surface area (Å²) >= 11 is 1.52. The molecule has 130 valence electrons. The molecule has 0 atom stereocenters. The Morgan fingerprint density at radius 2 is 2.00 bits per heavy atom. The van der Waals surface area contributed by atoms with Gasteiger partial charge in [-0.1, -0.05) is 17.4 Å². The molecule has 1 amide bonds. The predicted molar refractivity (Wildman–Crippen MR) is 97.1 cm³/mol. The summed E-state index contributed by atoms with van der Waals surface area (Å²) in [4.78, 5) is 20.5. The molecular formula is C17H24N4O2S. The van der Waals surface area contributed by atoms with E-state index in [1.807, 2.05) is 26.8 Å². The quantitative estimate of drug-likeness (QED) is 0.903. The Kier molecular flexibility index (Phi) is 4.64. The molecule has 6 nitrogen and oxygen atoms in total. The van der Waals surface area contributed by atoms with Crippen molar-refractivity contribution < 1.29 is 9.53 Å². The highest BCUT2D eigenvalue weighted by molar-refractivity contribution is 7.22. The first-order valence-electron chi connectivity index (χ1n) is 8.15. The summed E-state index contributed by atoms with van der Waals surface area (Å²) in [6.45, 7) is 9.64. The third-order valence-electron chi connectivity index (χ3n) is 3.90. The molecule has 1 saturated heterocycles. The summed E-state index contributed by atoms with van der Waals surface area (Å²) in [7, 11) is 0. The summed E-state index contributed by atoms with van der Waals surface area (Å²) in [6.07, 6.45) is -0.219. The number of hydrogen-bond donors (Lipinski definition) is 1. The van der Waals surface area contributed by atoms with Gasteiger partial charge in [-0.2, -0.15) is 0 Å². The SMILES string of the molecule is CC(C)(C)OC(=O)N1CCN(Cc2ccc3nc(N)sc3c2)CC1. The highest BCUT2D eigenvalue weighted by Gasteiger charge is 2.25. The van der Waals surface area contributed by atoms with Gasteiger partial charge in [-0.3, -0.25) is 4.90 Å². The summed E-state index contributed by atoms with van der Waals surface area (Å²) in [6, 6.07) is 6.28. The Hall–Kier alpha value is -1.86. The Morgan fingerprint density at radius 3 is 2.67 bits per heavy atom. The molecular weight excluding hydrogens is 324 g/mol. The fourth-order valence-corrected chi connectivity index (χ4v) is 3.56. The smallest absolute Gasteiger partial charge is 0.410 e. The molecule has 1 aliphatic rings. The van der Waals surface area contributed by atoms with Gasteiger partial charge in [0.15, 0.2) is 5.13 Å². The maximum atomic E-state index is 12.1. The number of fused-ring (bicyclic) bond motifs is 1. The largest absolute Gasteiger partial charge is 0.444 e. The van der Waals surface area contributed by atoms with Gasteiger partial charge in [0.05, 0.1) is 10.2 Å². The van der Waals surface area contributed by atoms with Crippen molar-refractivity contribution in [2.24, 2.45) is 0 Å². The lowest BCUT2D eigenvalue weighted by atomic mass is 10.2. The lowest BCUT2D eigenvalue weighted by Gasteiger charge is -2.35. The fraction of sp³-hybridized carbons (Fsp3) is 0.529. The van der Waals surface area contributed by atoms with Crippen LogP contribution in [-0.2, 0) is 11.3 Å². The summed E-state index contributed by atoms with van der Waals surface area (Å²) in [5, 5.41) is 0.605. The number of benzene rings is 1. The number of ether oxygens (including phenoxy) is 1. The van der Waals surface area contributed by atoms with Gasteiger partial charge in [0.25, 0.3) is 0 Å². The number of nitrogen functional groups attached to an aromatic ring is 1. The number of piperazine rings is 1. The van der Waals surface area contributed by atoms with Gasteiger partial charge in [0.1, 0.15) is 5.60 Å². The monoisotopic (exact) mass is 348 g/mol. The van der Waals surface area contributed by atoms with E-state index in [1.165, 1.54) is 16.9 Å². The van der Waals surface area contributed by atoms with Crippen LogP contribution in [0.2, 0.25) is 0 Å². The lowest BCUT2D eigenvalue weighted by molar-refractivity contribution is 0.0139. The van der Waals surface area contributed by atoms with E-state index in [0.29, 0.717) is 18.2 Å². The fourth-order valence-electron chi connectivity index (χ4n) is 2.76. The van der Waals surface area contributed by atoms with Crippen molar-refractivity contribution in [2.45, 2.75) is 32.9 Å². The highest BCUT2D eigenvalue weighted by Crippen LogP contribution is 2.25. The summed E-state index contributed by atoms with van der Waals surface area (Å²) < 4.78 is 6.55. The molecule has 24 heavy (non-hydrogen) atoms. The first kappa shape index (κ1) is 17.0. The van der Waals surface area contributed by atoms with Crippen LogP contribution >= 0.6 is 11.3 Å². The van der Waals surface area contributed by atoms with E-state index in [9.17, 15) is 4.79 Å². The van der Waals surface area contributed by atoms with Crippen molar-refractivity contribution in [3.8, 4) is 0 Å². The van der Waals surface area contributed by atoms with Crippen molar-refractivity contribution in [3.05, 3.63) is 23.8 Å². The number of nitrogens with zero attached hydrogens (tertiary/aromatic N) is 3. The van der Waals surface area contributed by atoms with Crippen LogP contribution in [0.5, 0.6) is 0 Å².